The minimum atomic E-state index is -4.48. The van der Waals surface area contributed by atoms with Crippen molar-refractivity contribution in [1.82, 2.24) is 0 Å². The molecule has 0 aromatic heterocycles. The summed E-state index contributed by atoms with van der Waals surface area (Å²) < 4.78 is 41.1. The van der Waals surface area contributed by atoms with Crippen LogP contribution in [0, 0.1) is 0 Å². The van der Waals surface area contributed by atoms with Gasteiger partial charge in [0.05, 0.1) is 11.2 Å². The second-order valence-corrected chi connectivity index (χ2v) is 10.6. The molecule has 2 N–H and O–H groups in total. The molecule has 1 unspecified atom stereocenters. The fourth-order valence-electron chi connectivity index (χ4n) is 4.23. The SMILES string of the molecule is CCCCCC(CC(=O)Nc1cc(C(C)(C)O)ccc1C(C)(C)C)c1ccccc1C(F)(F)F. The fourth-order valence-corrected chi connectivity index (χ4v) is 4.23. The maximum Gasteiger partial charge on any atom is 0.416 e. The van der Waals surface area contributed by atoms with Crippen molar-refractivity contribution in [3.05, 3.63) is 64.7 Å². The summed E-state index contributed by atoms with van der Waals surface area (Å²) in [5.41, 5.74) is 0.249. The molecular weight excluding hydrogens is 439 g/mol. The molecule has 34 heavy (non-hydrogen) atoms. The Morgan fingerprint density at radius 3 is 2.18 bits per heavy atom. The van der Waals surface area contributed by atoms with Crippen LogP contribution in [-0.4, -0.2) is 11.0 Å². The second-order valence-electron chi connectivity index (χ2n) is 10.6. The van der Waals surface area contributed by atoms with Gasteiger partial charge in [0.1, 0.15) is 0 Å². The van der Waals surface area contributed by atoms with Gasteiger partial charge in [-0.15, -0.1) is 0 Å². The molecule has 1 amide bonds. The predicted molar refractivity (Wildman–Crippen MR) is 132 cm³/mol. The smallest absolute Gasteiger partial charge is 0.386 e. The summed E-state index contributed by atoms with van der Waals surface area (Å²) >= 11 is 0. The highest BCUT2D eigenvalue weighted by Gasteiger charge is 2.35. The maximum atomic E-state index is 13.7. The molecule has 0 aliphatic heterocycles. The van der Waals surface area contributed by atoms with Crippen molar-refractivity contribution in [2.24, 2.45) is 0 Å². The van der Waals surface area contributed by atoms with E-state index in [4.69, 9.17) is 0 Å². The van der Waals surface area contributed by atoms with Crippen LogP contribution in [0.5, 0.6) is 0 Å². The van der Waals surface area contributed by atoms with E-state index in [1.807, 2.05) is 39.8 Å². The van der Waals surface area contributed by atoms with E-state index in [-0.39, 0.29) is 23.3 Å². The van der Waals surface area contributed by atoms with E-state index in [0.717, 1.165) is 30.9 Å². The molecular formula is C28H38F3NO2. The number of nitrogens with one attached hydrogen (secondary N) is 1. The number of halogens is 3. The van der Waals surface area contributed by atoms with E-state index in [2.05, 4.69) is 5.32 Å². The van der Waals surface area contributed by atoms with Gasteiger partial charge in [0.2, 0.25) is 5.91 Å². The van der Waals surface area contributed by atoms with Crippen molar-refractivity contribution in [1.29, 1.82) is 0 Å². The summed E-state index contributed by atoms with van der Waals surface area (Å²) in [5.74, 6) is -0.878. The van der Waals surface area contributed by atoms with Gasteiger partial charge < -0.3 is 10.4 Å². The van der Waals surface area contributed by atoms with Crippen molar-refractivity contribution in [2.45, 2.75) is 96.8 Å². The van der Waals surface area contributed by atoms with Gasteiger partial charge in [-0.25, -0.2) is 0 Å². The summed E-state index contributed by atoms with van der Waals surface area (Å²) in [6, 6.07) is 11.0. The highest BCUT2D eigenvalue weighted by atomic mass is 19.4. The van der Waals surface area contributed by atoms with Crippen LogP contribution in [0.2, 0.25) is 0 Å². The van der Waals surface area contributed by atoms with Crippen LogP contribution in [-0.2, 0) is 22.0 Å². The second kappa shape index (κ2) is 10.9. The van der Waals surface area contributed by atoms with E-state index in [9.17, 15) is 23.1 Å². The van der Waals surface area contributed by atoms with Crippen LogP contribution < -0.4 is 5.32 Å². The summed E-state index contributed by atoms with van der Waals surface area (Å²) in [6.45, 7) is 11.4. The van der Waals surface area contributed by atoms with Crippen LogP contribution in [0.1, 0.15) is 102 Å². The lowest BCUT2D eigenvalue weighted by molar-refractivity contribution is -0.138. The Hall–Kier alpha value is -2.34. The number of rotatable bonds is 9. The first-order valence-electron chi connectivity index (χ1n) is 12.0. The molecule has 3 nitrogen and oxygen atoms in total. The van der Waals surface area contributed by atoms with Gasteiger partial charge >= 0.3 is 6.18 Å². The van der Waals surface area contributed by atoms with Crippen molar-refractivity contribution in [2.75, 3.05) is 5.32 Å². The van der Waals surface area contributed by atoms with E-state index >= 15 is 0 Å². The molecule has 2 aromatic rings. The third-order valence-electron chi connectivity index (χ3n) is 6.10. The minimum Gasteiger partial charge on any atom is -0.386 e. The summed E-state index contributed by atoms with van der Waals surface area (Å²) in [4.78, 5) is 13.2. The molecule has 0 saturated heterocycles. The Labute approximate surface area is 201 Å². The van der Waals surface area contributed by atoms with Gasteiger partial charge in [0.15, 0.2) is 0 Å². The average molecular weight is 478 g/mol. The molecule has 0 bridgehead atoms. The topological polar surface area (TPSA) is 49.3 Å². The first-order chi connectivity index (χ1) is 15.6. The zero-order chi connectivity index (χ0) is 25.7. The number of carbonyl (C=O) groups excluding carboxylic acids is 1. The van der Waals surface area contributed by atoms with Gasteiger partial charge in [-0.1, -0.05) is 77.3 Å². The normalized spacial score (nSPS) is 13.6. The number of amides is 1. The Kier molecular flexibility index (Phi) is 8.98. The predicted octanol–water partition coefficient (Wildman–Crippen LogP) is 7.92. The fraction of sp³-hybridized carbons (Fsp3) is 0.536. The summed E-state index contributed by atoms with van der Waals surface area (Å²) in [7, 11) is 0. The van der Waals surface area contributed by atoms with Crippen molar-refractivity contribution in [3.63, 3.8) is 0 Å². The van der Waals surface area contributed by atoms with E-state index in [0.29, 0.717) is 17.7 Å². The summed E-state index contributed by atoms with van der Waals surface area (Å²) in [5, 5.41) is 13.4. The molecule has 0 aliphatic carbocycles. The van der Waals surface area contributed by atoms with Gasteiger partial charge in [0, 0.05) is 12.1 Å². The molecule has 0 radical (unpaired) electrons. The molecule has 1 atom stereocenters. The monoisotopic (exact) mass is 477 g/mol. The summed E-state index contributed by atoms with van der Waals surface area (Å²) in [6.07, 6.45) is -1.43. The van der Waals surface area contributed by atoms with Crippen molar-refractivity contribution < 1.29 is 23.1 Å². The molecule has 0 fully saturated rings. The molecule has 2 rings (SSSR count). The van der Waals surface area contributed by atoms with Crippen molar-refractivity contribution in [3.8, 4) is 0 Å². The first-order valence-corrected chi connectivity index (χ1v) is 12.0. The lowest BCUT2D eigenvalue weighted by Gasteiger charge is -2.27. The molecule has 188 valence electrons. The molecule has 0 heterocycles. The minimum absolute atomic E-state index is 0.0485. The van der Waals surface area contributed by atoms with Crippen LogP contribution >= 0.6 is 0 Å². The van der Waals surface area contributed by atoms with E-state index < -0.39 is 23.3 Å². The zero-order valence-corrected chi connectivity index (χ0v) is 21.1. The van der Waals surface area contributed by atoms with Crippen LogP contribution in [0.4, 0.5) is 18.9 Å². The van der Waals surface area contributed by atoms with Crippen LogP contribution in [0.3, 0.4) is 0 Å². The third kappa shape index (κ3) is 7.59. The van der Waals surface area contributed by atoms with Gasteiger partial charge in [-0.3, -0.25) is 4.79 Å². The Bertz CT molecular complexity index is 969. The number of unbranched alkanes of at least 4 members (excludes halogenated alkanes) is 2. The lowest BCUT2D eigenvalue weighted by Crippen LogP contribution is -2.23. The third-order valence-corrected chi connectivity index (χ3v) is 6.10. The Morgan fingerprint density at radius 2 is 1.62 bits per heavy atom. The Balaban J connectivity index is 2.39. The number of hydrogen-bond donors (Lipinski definition) is 2. The number of aliphatic hydroxyl groups is 1. The lowest BCUT2D eigenvalue weighted by atomic mass is 9.83. The highest BCUT2D eigenvalue weighted by molar-refractivity contribution is 5.92. The van der Waals surface area contributed by atoms with E-state index in [1.54, 1.807) is 26.0 Å². The standard InChI is InChI=1S/C28H38F3NO2/c1-7-8-9-12-19(21-13-10-11-14-22(21)28(29,30)31)17-25(33)32-24-18-20(27(5,6)34)15-16-23(24)26(2,3)4/h10-11,13-16,18-19,34H,7-9,12,17H2,1-6H3,(H,32,33). The first kappa shape index (κ1) is 27.9. The Morgan fingerprint density at radius 1 is 0.971 bits per heavy atom. The van der Waals surface area contributed by atoms with Gasteiger partial charge in [0.25, 0.3) is 0 Å². The maximum absolute atomic E-state index is 13.7. The highest BCUT2D eigenvalue weighted by Crippen LogP contribution is 2.39. The molecule has 0 saturated carbocycles. The molecule has 0 aliphatic rings. The number of hydrogen-bond acceptors (Lipinski definition) is 2. The molecule has 6 heteroatoms. The average Bonchev–Trinajstić information content (AvgIpc) is 2.71. The van der Waals surface area contributed by atoms with Crippen LogP contribution in [0.15, 0.2) is 42.5 Å². The van der Waals surface area contributed by atoms with Crippen LogP contribution in [0.25, 0.3) is 0 Å². The van der Waals surface area contributed by atoms with E-state index in [1.165, 1.54) is 12.1 Å². The number of benzene rings is 2. The molecule has 0 spiro atoms. The van der Waals surface area contributed by atoms with Crippen molar-refractivity contribution >= 4 is 11.6 Å². The number of alkyl halides is 3. The number of carbonyl (C=O) groups is 1. The number of anilines is 1. The van der Waals surface area contributed by atoms with Gasteiger partial charge in [-0.2, -0.15) is 13.2 Å². The zero-order valence-electron chi connectivity index (χ0n) is 21.1. The largest absolute Gasteiger partial charge is 0.416 e. The molecule has 2 aromatic carbocycles. The quantitative estimate of drug-likeness (QED) is 0.360. The van der Waals surface area contributed by atoms with Gasteiger partial charge in [-0.05, 0) is 60.4 Å².